The van der Waals surface area contributed by atoms with Crippen molar-refractivity contribution in [3.63, 3.8) is 0 Å². The summed E-state index contributed by atoms with van der Waals surface area (Å²) in [6.45, 7) is 0.381. The summed E-state index contributed by atoms with van der Waals surface area (Å²) in [5, 5.41) is 8.52. The van der Waals surface area contributed by atoms with Gasteiger partial charge in [0.2, 0.25) is 10.0 Å². The smallest absolute Gasteiger partial charge is 0.252 e. The van der Waals surface area contributed by atoms with E-state index in [2.05, 4.69) is 5.32 Å². The van der Waals surface area contributed by atoms with Gasteiger partial charge in [0.05, 0.1) is 15.5 Å². The number of nitrogens with one attached hydrogen (secondary N) is 1. The van der Waals surface area contributed by atoms with Crippen molar-refractivity contribution in [2.45, 2.75) is 11.3 Å². The molecule has 0 aliphatic rings. The molecule has 0 aromatic heterocycles. The third-order valence-electron chi connectivity index (χ3n) is 3.13. The monoisotopic (exact) mass is 372 g/mol. The van der Waals surface area contributed by atoms with Crippen LogP contribution in [0.3, 0.4) is 0 Å². The largest absolute Gasteiger partial charge is 0.352 e. The number of carbonyl (C=O) groups is 1. The minimum atomic E-state index is -3.69. The quantitative estimate of drug-likeness (QED) is 0.844. The number of benzene rings is 2. The highest BCUT2D eigenvalue weighted by Crippen LogP contribution is 2.20. The Balaban J connectivity index is 1.93. The third kappa shape index (κ3) is 4.94. The first-order valence-electron chi connectivity index (χ1n) is 6.62. The van der Waals surface area contributed by atoms with Crippen LogP contribution in [0.25, 0.3) is 0 Å². The van der Waals surface area contributed by atoms with Gasteiger partial charge in [0.1, 0.15) is 0 Å². The molecule has 0 fully saturated rings. The molecule has 0 aliphatic heterocycles. The molecular formula is C15H14Cl2N2O3S. The van der Waals surface area contributed by atoms with Crippen molar-refractivity contribution in [1.82, 2.24) is 5.32 Å². The van der Waals surface area contributed by atoms with E-state index < -0.39 is 10.0 Å². The number of nitrogens with two attached hydrogens (primary N) is 1. The van der Waals surface area contributed by atoms with Gasteiger partial charge in [-0.05, 0) is 42.3 Å². The van der Waals surface area contributed by atoms with Crippen LogP contribution in [0.15, 0.2) is 47.4 Å². The van der Waals surface area contributed by atoms with Gasteiger partial charge in [0.15, 0.2) is 0 Å². The van der Waals surface area contributed by atoms with Crippen molar-refractivity contribution in [3.05, 3.63) is 63.6 Å². The lowest BCUT2D eigenvalue weighted by Crippen LogP contribution is -2.26. The molecule has 0 unspecified atom stereocenters. The van der Waals surface area contributed by atoms with Gasteiger partial charge < -0.3 is 5.32 Å². The van der Waals surface area contributed by atoms with Gasteiger partial charge >= 0.3 is 0 Å². The number of rotatable bonds is 5. The molecule has 0 heterocycles. The Morgan fingerprint density at radius 3 is 2.30 bits per heavy atom. The second-order valence-electron chi connectivity index (χ2n) is 4.82. The fourth-order valence-electron chi connectivity index (χ4n) is 1.94. The summed E-state index contributed by atoms with van der Waals surface area (Å²) in [5.74, 6) is -0.298. The Kier molecular flexibility index (Phi) is 5.64. The number of primary sulfonamides is 1. The number of hydrogen-bond acceptors (Lipinski definition) is 3. The molecule has 0 aliphatic carbocycles. The van der Waals surface area contributed by atoms with Gasteiger partial charge in [-0.1, -0.05) is 35.3 Å². The number of sulfonamides is 1. The van der Waals surface area contributed by atoms with Crippen molar-refractivity contribution in [1.29, 1.82) is 0 Å². The molecule has 5 nitrogen and oxygen atoms in total. The summed E-state index contributed by atoms with van der Waals surface area (Å²) in [6.07, 6.45) is 0.543. The average Bonchev–Trinajstić information content (AvgIpc) is 2.46. The van der Waals surface area contributed by atoms with Crippen molar-refractivity contribution in [2.75, 3.05) is 6.54 Å². The summed E-state index contributed by atoms with van der Waals surface area (Å²) in [6, 6.07) is 10.8. The SMILES string of the molecule is NS(=O)(=O)c1ccc(CCNC(=O)c2ccc(Cl)cc2Cl)cc1. The lowest BCUT2D eigenvalue weighted by Gasteiger charge is -2.07. The second kappa shape index (κ2) is 7.31. The van der Waals surface area contributed by atoms with Crippen LogP contribution < -0.4 is 10.5 Å². The molecule has 122 valence electrons. The third-order valence-corrected chi connectivity index (χ3v) is 4.60. The van der Waals surface area contributed by atoms with E-state index in [-0.39, 0.29) is 15.8 Å². The highest BCUT2D eigenvalue weighted by Gasteiger charge is 2.10. The van der Waals surface area contributed by atoms with Crippen molar-refractivity contribution in [3.8, 4) is 0 Å². The maximum Gasteiger partial charge on any atom is 0.252 e. The van der Waals surface area contributed by atoms with E-state index in [1.807, 2.05) is 0 Å². The molecule has 1 amide bonds. The second-order valence-corrected chi connectivity index (χ2v) is 7.22. The lowest BCUT2D eigenvalue weighted by atomic mass is 10.1. The zero-order chi connectivity index (χ0) is 17.0. The minimum Gasteiger partial charge on any atom is -0.352 e. The molecule has 8 heteroatoms. The van der Waals surface area contributed by atoms with Crippen LogP contribution in [0.1, 0.15) is 15.9 Å². The molecule has 0 saturated heterocycles. The number of hydrogen-bond donors (Lipinski definition) is 2. The van der Waals surface area contributed by atoms with E-state index in [4.69, 9.17) is 28.3 Å². The zero-order valence-corrected chi connectivity index (χ0v) is 14.3. The molecule has 2 aromatic rings. The van der Waals surface area contributed by atoms with E-state index in [0.717, 1.165) is 5.56 Å². The van der Waals surface area contributed by atoms with Gasteiger partial charge in [0.25, 0.3) is 5.91 Å². The summed E-state index contributed by atoms with van der Waals surface area (Å²) < 4.78 is 22.3. The molecule has 0 saturated carbocycles. The topological polar surface area (TPSA) is 89.3 Å². The molecule has 0 bridgehead atoms. The summed E-state index contributed by atoms with van der Waals surface area (Å²) in [4.78, 5) is 12.1. The molecule has 0 atom stereocenters. The molecule has 2 rings (SSSR count). The van der Waals surface area contributed by atoms with Crippen LogP contribution in [0.5, 0.6) is 0 Å². The van der Waals surface area contributed by atoms with Gasteiger partial charge in [-0.25, -0.2) is 13.6 Å². The van der Waals surface area contributed by atoms with Gasteiger partial charge in [-0.2, -0.15) is 0 Å². The van der Waals surface area contributed by atoms with Crippen LogP contribution in [-0.4, -0.2) is 20.9 Å². The first-order chi connectivity index (χ1) is 10.8. The highest BCUT2D eigenvalue weighted by molar-refractivity contribution is 7.89. The average molecular weight is 373 g/mol. The van der Waals surface area contributed by atoms with Gasteiger partial charge in [-0.3, -0.25) is 4.79 Å². The minimum absolute atomic E-state index is 0.0539. The van der Waals surface area contributed by atoms with E-state index in [0.29, 0.717) is 23.6 Å². The van der Waals surface area contributed by atoms with Crippen LogP contribution >= 0.6 is 23.2 Å². The molecule has 23 heavy (non-hydrogen) atoms. The van der Waals surface area contributed by atoms with E-state index in [9.17, 15) is 13.2 Å². The Bertz CT molecular complexity index is 821. The fourth-order valence-corrected chi connectivity index (χ4v) is 2.94. The summed E-state index contributed by atoms with van der Waals surface area (Å²) >= 11 is 11.7. The Morgan fingerprint density at radius 2 is 1.74 bits per heavy atom. The van der Waals surface area contributed by atoms with E-state index in [1.165, 1.54) is 18.2 Å². The summed E-state index contributed by atoms with van der Waals surface area (Å²) in [5.41, 5.74) is 1.22. The molecule has 3 N–H and O–H groups in total. The number of carbonyl (C=O) groups excluding carboxylic acids is 1. The standard InChI is InChI=1S/C15H14Cl2N2O3S/c16-11-3-6-13(14(17)9-11)15(20)19-8-7-10-1-4-12(5-2-10)23(18,21)22/h1-6,9H,7-8H2,(H,19,20)(H2,18,21,22). The first-order valence-corrected chi connectivity index (χ1v) is 8.92. The van der Waals surface area contributed by atoms with Crippen LogP contribution in [-0.2, 0) is 16.4 Å². The predicted octanol–water partition coefficient (Wildman–Crippen LogP) is 2.61. The number of amides is 1. The van der Waals surface area contributed by atoms with E-state index >= 15 is 0 Å². The van der Waals surface area contributed by atoms with Crippen molar-refractivity contribution < 1.29 is 13.2 Å². The Labute approximate surface area is 144 Å². The molecular weight excluding hydrogens is 359 g/mol. The fraction of sp³-hybridized carbons (Fsp3) is 0.133. The Morgan fingerprint density at radius 1 is 1.09 bits per heavy atom. The van der Waals surface area contributed by atoms with Crippen molar-refractivity contribution >= 4 is 39.1 Å². The zero-order valence-electron chi connectivity index (χ0n) is 11.9. The van der Waals surface area contributed by atoms with E-state index in [1.54, 1.807) is 24.3 Å². The Hall–Kier alpha value is -1.60. The molecule has 2 aromatic carbocycles. The van der Waals surface area contributed by atoms with Crippen LogP contribution in [0, 0.1) is 0 Å². The highest BCUT2D eigenvalue weighted by atomic mass is 35.5. The van der Waals surface area contributed by atoms with Gasteiger partial charge in [-0.15, -0.1) is 0 Å². The van der Waals surface area contributed by atoms with Gasteiger partial charge in [0, 0.05) is 11.6 Å². The lowest BCUT2D eigenvalue weighted by molar-refractivity contribution is 0.0954. The van der Waals surface area contributed by atoms with Crippen molar-refractivity contribution in [2.24, 2.45) is 5.14 Å². The normalized spacial score (nSPS) is 11.3. The first kappa shape index (κ1) is 17.7. The molecule has 0 spiro atoms. The predicted molar refractivity (Wildman–Crippen MR) is 90.3 cm³/mol. The maximum atomic E-state index is 12.0. The number of halogens is 2. The maximum absolute atomic E-state index is 12.0. The van der Waals surface area contributed by atoms with Crippen LogP contribution in [0.2, 0.25) is 10.0 Å². The molecule has 0 radical (unpaired) electrons. The van der Waals surface area contributed by atoms with Crippen LogP contribution in [0.4, 0.5) is 0 Å². The summed E-state index contributed by atoms with van der Waals surface area (Å²) in [7, 11) is -3.69.